The van der Waals surface area contributed by atoms with E-state index in [0.717, 1.165) is 22.6 Å². The van der Waals surface area contributed by atoms with E-state index < -0.39 is 5.91 Å². The lowest BCUT2D eigenvalue weighted by molar-refractivity contribution is -0.116. The zero-order valence-electron chi connectivity index (χ0n) is 16.6. The van der Waals surface area contributed by atoms with Crippen LogP contribution in [0.2, 0.25) is 0 Å². The molecule has 0 aliphatic rings. The Hall–Kier alpha value is -3.85. The lowest BCUT2D eigenvalue weighted by atomic mass is 10.0. The van der Waals surface area contributed by atoms with Crippen LogP contribution in [-0.4, -0.2) is 29.3 Å². The Labute approximate surface area is 170 Å². The summed E-state index contributed by atoms with van der Waals surface area (Å²) in [6, 6.07) is 17.4. The Morgan fingerprint density at radius 3 is 2.66 bits per heavy atom. The summed E-state index contributed by atoms with van der Waals surface area (Å²) in [7, 11) is 1.50. The molecule has 0 aliphatic carbocycles. The molecule has 0 radical (unpaired) electrons. The molecule has 0 atom stereocenters. The van der Waals surface area contributed by atoms with Crippen LogP contribution in [0, 0.1) is 18.3 Å². The topological polar surface area (TPSA) is 79.9 Å². The fourth-order valence-electron chi connectivity index (χ4n) is 3.01. The van der Waals surface area contributed by atoms with Crippen LogP contribution in [0.4, 0.5) is 0 Å². The molecule has 3 rings (SSSR count). The summed E-state index contributed by atoms with van der Waals surface area (Å²) in [5, 5.41) is 16.6. The van der Waals surface area contributed by atoms with Crippen molar-refractivity contribution in [3.8, 4) is 28.8 Å². The number of hydrogen-bond donors (Lipinski definition) is 1. The number of para-hydroxylation sites is 1. The van der Waals surface area contributed by atoms with Gasteiger partial charge in [-0.25, -0.2) is 4.68 Å². The minimum atomic E-state index is -0.436. The van der Waals surface area contributed by atoms with Crippen molar-refractivity contribution in [3.63, 3.8) is 0 Å². The van der Waals surface area contributed by atoms with Gasteiger partial charge >= 0.3 is 0 Å². The summed E-state index contributed by atoms with van der Waals surface area (Å²) in [6.45, 7) is 4.51. The maximum Gasteiger partial charge on any atom is 0.261 e. The summed E-state index contributed by atoms with van der Waals surface area (Å²) < 4.78 is 7.32. The second-order valence-corrected chi connectivity index (χ2v) is 6.37. The number of ether oxygens (including phenoxy) is 1. The molecule has 0 bridgehead atoms. The van der Waals surface area contributed by atoms with Crippen LogP contribution in [0.3, 0.4) is 0 Å². The van der Waals surface area contributed by atoms with Gasteiger partial charge in [0.05, 0.1) is 12.3 Å². The Morgan fingerprint density at radius 2 is 2.03 bits per heavy atom. The monoisotopic (exact) mass is 386 g/mol. The fraction of sp³-hybridized carbons (Fsp3) is 0.174. The van der Waals surface area contributed by atoms with E-state index in [1.54, 1.807) is 10.8 Å². The molecule has 1 N–H and O–H groups in total. The SMILES string of the molecule is CCOc1ccc(-c2nn(-c3ccccc3)cc2C=C(C#N)C(=O)NC)c(C)c1. The molecule has 1 amide bonds. The third-order valence-corrected chi connectivity index (χ3v) is 4.42. The third-order valence-electron chi connectivity index (χ3n) is 4.42. The van der Waals surface area contributed by atoms with Gasteiger partial charge in [0, 0.05) is 24.4 Å². The average Bonchev–Trinajstić information content (AvgIpc) is 3.16. The van der Waals surface area contributed by atoms with Gasteiger partial charge in [0.2, 0.25) is 0 Å². The number of nitrogens with one attached hydrogen (secondary N) is 1. The molecule has 3 aromatic rings. The number of likely N-dealkylation sites (N-methyl/N-ethyl adjacent to an activating group) is 1. The molecule has 1 heterocycles. The van der Waals surface area contributed by atoms with E-state index in [9.17, 15) is 10.1 Å². The van der Waals surface area contributed by atoms with Gasteiger partial charge in [-0.15, -0.1) is 0 Å². The Bertz CT molecular complexity index is 1090. The summed E-state index contributed by atoms with van der Waals surface area (Å²) in [6.07, 6.45) is 3.39. The lowest BCUT2D eigenvalue weighted by Gasteiger charge is -2.08. The largest absolute Gasteiger partial charge is 0.494 e. The Morgan fingerprint density at radius 1 is 1.28 bits per heavy atom. The van der Waals surface area contributed by atoms with Crippen LogP contribution in [0.25, 0.3) is 23.0 Å². The Balaban J connectivity index is 2.17. The number of aryl methyl sites for hydroxylation is 1. The van der Waals surface area contributed by atoms with E-state index >= 15 is 0 Å². The predicted molar refractivity (Wildman–Crippen MR) is 113 cm³/mol. The summed E-state index contributed by atoms with van der Waals surface area (Å²) in [5.41, 5.74) is 4.17. The van der Waals surface area contributed by atoms with Crippen molar-refractivity contribution in [2.75, 3.05) is 13.7 Å². The van der Waals surface area contributed by atoms with Crippen molar-refractivity contribution in [1.82, 2.24) is 15.1 Å². The van der Waals surface area contributed by atoms with Crippen molar-refractivity contribution >= 4 is 12.0 Å². The highest BCUT2D eigenvalue weighted by Crippen LogP contribution is 2.30. The standard InChI is InChI=1S/C23H22N4O2/c1-4-29-20-10-11-21(16(2)12-20)22-18(13-17(14-24)23(28)25-3)15-27(26-22)19-8-6-5-7-9-19/h5-13,15H,4H2,1-3H3,(H,25,28). The summed E-state index contributed by atoms with van der Waals surface area (Å²) >= 11 is 0. The van der Waals surface area contributed by atoms with Crippen LogP contribution in [0.15, 0.2) is 60.3 Å². The number of carbonyl (C=O) groups excluding carboxylic acids is 1. The van der Waals surface area contributed by atoms with E-state index in [1.807, 2.05) is 74.6 Å². The van der Waals surface area contributed by atoms with E-state index in [2.05, 4.69) is 5.32 Å². The normalized spacial score (nSPS) is 11.0. The molecule has 1 aromatic heterocycles. The van der Waals surface area contributed by atoms with E-state index in [-0.39, 0.29) is 5.57 Å². The maximum absolute atomic E-state index is 12.0. The van der Waals surface area contributed by atoms with Crippen LogP contribution in [-0.2, 0) is 4.79 Å². The first kappa shape index (κ1) is 19.9. The van der Waals surface area contributed by atoms with Crippen LogP contribution in [0.5, 0.6) is 5.75 Å². The number of hydrogen-bond acceptors (Lipinski definition) is 4. The molecule has 6 nitrogen and oxygen atoms in total. The number of rotatable bonds is 6. The lowest BCUT2D eigenvalue weighted by Crippen LogP contribution is -2.19. The zero-order valence-corrected chi connectivity index (χ0v) is 16.6. The van der Waals surface area contributed by atoms with Gasteiger partial charge < -0.3 is 10.1 Å². The zero-order chi connectivity index (χ0) is 20.8. The predicted octanol–water partition coefficient (Wildman–Crippen LogP) is 3.90. The van der Waals surface area contributed by atoms with Gasteiger partial charge in [0.25, 0.3) is 5.91 Å². The van der Waals surface area contributed by atoms with E-state index in [1.165, 1.54) is 7.05 Å². The van der Waals surface area contributed by atoms with Crippen LogP contribution in [0.1, 0.15) is 18.1 Å². The van der Waals surface area contributed by atoms with Crippen molar-refractivity contribution in [2.24, 2.45) is 0 Å². The number of carbonyl (C=O) groups is 1. The minimum Gasteiger partial charge on any atom is -0.494 e. The maximum atomic E-state index is 12.0. The van der Waals surface area contributed by atoms with Gasteiger partial charge in [0.1, 0.15) is 23.1 Å². The van der Waals surface area contributed by atoms with Gasteiger partial charge in [0.15, 0.2) is 0 Å². The van der Waals surface area contributed by atoms with Gasteiger partial charge in [-0.2, -0.15) is 10.4 Å². The molecule has 2 aromatic carbocycles. The molecular formula is C23H22N4O2. The molecule has 6 heteroatoms. The van der Waals surface area contributed by atoms with Crippen molar-refractivity contribution in [3.05, 3.63) is 71.4 Å². The van der Waals surface area contributed by atoms with Crippen LogP contribution >= 0.6 is 0 Å². The highest BCUT2D eigenvalue weighted by atomic mass is 16.5. The first-order valence-corrected chi connectivity index (χ1v) is 9.30. The summed E-state index contributed by atoms with van der Waals surface area (Å²) in [5.74, 6) is 0.353. The first-order chi connectivity index (χ1) is 14.1. The van der Waals surface area contributed by atoms with Gasteiger partial charge in [-0.1, -0.05) is 18.2 Å². The molecule has 0 aliphatic heterocycles. The molecule has 29 heavy (non-hydrogen) atoms. The number of amides is 1. The first-order valence-electron chi connectivity index (χ1n) is 9.30. The molecule has 0 unspecified atom stereocenters. The molecule has 146 valence electrons. The fourth-order valence-corrected chi connectivity index (χ4v) is 3.01. The minimum absolute atomic E-state index is 0.0185. The Kier molecular flexibility index (Phi) is 6.10. The number of benzene rings is 2. The summed E-state index contributed by atoms with van der Waals surface area (Å²) in [4.78, 5) is 12.0. The third kappa shape index (κ3) is 4.36. The molecule has 0 fully saturated rings. The van der Waals surface area contributed by atoms with E-state index in [4.69, 9.17) is 9.84 Å². The highest BCUT2D eigenvalue weighted by molar-refractivity contribution is 6.02. The van der Waals surface area contributed by atoms with Crippen molar-refractivity contribution < 1.29 is 9.53 Å². The second kappa shape index (κ2) is 8.89. The van der Waals surface area contributed by atoms with Crippen molar-refractivity contribution in [2.45, 2.75) is 13.8 Å². The number of nitrogens with zero attached hydrogens (tertiary/aromatic N) is 3. The molecule has 0 saturated carbocycles. The van der Waals surface area contributed by atoms with E-state index in [0.29, 0.717) is 17.9 Å². The smallest absolute Gasteiger partial charge is 0.261 e. The quantitative estimate of drug-likeness (QED) is 0.515. The second-order valence-electron chi connectivity index (χ2n) is 6.37. The molecular weight excluding hydrogens is 364 g/mol. The molecule has 0 saturated heterocycles. The highest BCUT2D eigenvalue weighted by Gasteiger charge is 2.16. The van der Waals surface area contributed by atoms with Gasteiger partial charge in [-0.05, 0) is 55.8 Å². The van der Waals surface area contributed by atoms with Gasteiger partial charge in [-0.3, -0.25) is 4.79 Å². The average molecular weight is 386 g/mol. The number of aromatic nitrogens is 2. The van der Waals surface area contributed by atoms with Crippen molar-refractivity contribution in [1.29, 1.82) is 5.26 Å². The number of nitriles is 1. The molecule has 0 spiro atoms. The van der Waals surface area contributed by atoms with Crippen LogP contribution < -0.4 is 10.1 Å².